The number of anilines is 1. The highest BCUT2D eigenvalue weighted by Gasteiger charge is 2.10. The molecule has 0 radical (unpaired) electrons. The minimum Gasteiger partial charge on any atom is -0.408 e. The minimum atomic E-state index is -0.682. The molecule has 0 unspecified atom stereocenters. The van der Waals surface area contributed by atoms with Crippen molar-refractivity contribution in [2.24, 2.45) is 12.8 Å². The molecule has 0 atom stereocenters. The van der Waals surface area contributed by atoms with Gasteiger partial charge in [0.05, 0.1) is 11.2 Å². The summed E-state index contributed by atoms with van der Waals surface area (Å²) in [5.74, 6) is -0.460. The smallest absolute Gasteiger partial charge is 0.408 e. The highest BCUT2D eigenvalue weighted by atomic mass is 79.9. The van der Waals surface area contributed by atoms with Gasteiger partial charge in [-0.2, -0.15) is 0 Å². The van der Waals surface area contributed by atoms with E-state index in [0.717, 1.165) is 0 Å². The van der Waals surface area contributed by atoms with Crippen LogP contribution >= 0.6 is 15.9 Å². The SMILES string of the molecule is Cn1c(=O)oc2cc(NC(N)=O)c(Br)cc21. The second-order valence-electron chi connectivity index (χ2n) is 3.22. The first-order valence-electron chi connectivity index (χ1n) is 4.34. The highest BCUT2D eigenvalue weighted by Crippen LogP contribution is 2.27. The number of primary amides is 1. The zero-order valence-electron chi connectivity index (χ0n) is 8.28. The molecule has 1 heterocycles. The molecule has 1 aromatic heterocycles. The molecule has 0 spiro atoms. The van der Waals surface area contributed by atoms with E-state index in [-0.39, 0.29) is 0 Å². The minimum absolute atomic E-state index is 0.388. The van der Waals surface area contributed by atoms with Crippen LogP contribution in [-0.4, -0.2) is 10.6 Å². The summed E-state index contributed by atoms with van der Waals surface area (Å²) in [4.78, 5) is 22.0. The Balaban J connectivity index is 2.67. The van der Waals surface area contributed by atoms with Crippen molar-refractivity contribution in [3.8, 4) is 0 Å². The van der Waals surface area contributed by atoms with Gasteiger partial charge in [-0.3, -0.25) is 4.57 Å². The van der Waals surface area contributed by atoms with Crippen LogP contribution in [0.3, 0.4) is 0 Å². The Bertz CT molecular complexity index is 629. The van der Waals surface area contributed by atoms with E-state index in [9.17, 15) is 9.59 Å². The van der Waals surface area contributed by atoms with E-state index in [1.807, 2.05) is 0 Å². The van der Waals surface area contributed by atoms with Gasteiger partial charge >= 0.3 is 11.8 Å². The van der Waals surface area contributed by atoms with Gasteiger partial charge < -0.3 is 15.5 Å². The normalized spacial score (nSPS) is 10.6. The van der Waals surface area contributed by atoms with E-state index in [1.54, 1.807) is 13.1 Å². The molecule has 3 N–H and O–H groups in total. The van der Waals surface area contributed by atoms with Crippen molar-refractivity contribution in [3.63, 3.8) is 0 Å². The molecule has 7 heteroatoms. The van der Waals surface area contributed by atoms with Crippen LogP contribution in [0.1, 0.15) is 0 Å². The third-order valence-corrected chi connectivity index (χ3v) is 2.80. The number of carbonyl (C=O) groups is 1. The maximum Gasteiger partial charge on any atom is 0.419 e. The number of hydrogen-bond acceptors (Lipinski definition) is 3. The Hall–Kier alpha value is -1.76. The van der Waals surface area contributed by atoms with Crippen LogP contribution in [0.25, 0.3) is 11.1 Å². The molecule has 0 aliphatic heterocycles. The number of urea groups is 1. The van der Waals surface area contributed by atoms with Gasteiger partial charge in [0, 0.05) is 17.6 Å². The lowest BCUT2D eigenvalue weighted by molar-refractivity contribution is 0.259. The topological polar surface area (TPSA) is 90.3 Å². The first kappa shape index (κ1) is 10.7. The van der Waals surface area contributed by atoms with Crippen molar-refractivity contribution < 1.29 is 9.21 Å². The van der Waals surface area contributed by atoms with Gasteiger partial charge in [-0.15, -0.1) is 0 Å². The number of aromatic nitrogens is 1. The van der Waals surface area contributed by atoms with Gasteiger partial charge in [-0.1, -0.05) is 0 Å². The summed E-state index contributed by atoms with van der Waals surface area (Å²) in [6.45, 7) is 0. The molecule has 0 aliphatic carbocycles. The molecular weight excluding hydrogens is 278 g/mol. The average Bonchev–Trinajstić information content (AvgIpc) is 2.44. The van der Waals surface area contributed by atoms with Crippen LogP contribution in [0.2, 0.25) is 0 Å². The average molecular weight is 286 g/mol. The standard InChI is InChI=1S/C9H8BrN3O3/c1-13-6-2-4(10)5(12-8(11)14)3-7(6)16-9(13)15/h2-3H,1H3,(H3,11,12,14). The molecule has 84 valence electrons. The lowest BCUT2D eigenvalue weighted by atomic mass is 10.3. The van der Waals surface area contributed by atoms with Crippen molar-refractivity contribution in [1.82, 2.24) is 4.57 Å². The van der Waals surface area contributed by atoms with Gasteiger partial charge in [0.2, 0.25) is 0 Å². The molecule has 16 heavy (non-hydrogen) atoms. The van der Waals surface area contributed by atoms with Crippen LogP contribution in [0.4, 0.5) is 10.5 Å². The summed E-state index contributed by atoms with van der Waals surface area (Å²) in [6.07, 6.45) is 0. The maximum absolute atomic E-state index is 11.3. The van der Waals surface area contributed by atoms with Gasteiger partial charge in [-0.25, -0.2) is 9.59 Å². The molecule has 0 saturated carbocycles. The summed E-state index contributed by atoms with van der Waals surface area (Å²) < 4.78 is 6.96. The molecule has 0 fully saturated rings. The Morgan fingerprint density at radius 2 is 2.25 bits per heavy atom. The number of benzene rings is 1. The lowest BCUT2D eigenvalue weighted by Crippen LogP contribution is -2.19. The van der Waals surface area contributed by atoms with Crippen LogP contribution < -0.4 is 16.8 Å². The summed E-state index contributed by atoms with van der Waals surface area (Å²) in [7, 11) is 1.60. The van der Waals surface area contributed by atoms with Gasteiger partial charge in [0.15, 0.2) is 5.58 Å². The van der Waals surface area contributed by atoms with Gasteiger partial charge in [0.25, 0.3) is 0 Å². The number of nitrogens with one attached hydrogen (secondary N) is 1. The summed E-state index contributed by atoms with van der Waals surface area (Å²) in [6, 6.07) is 2.52. The van der Waals surface area contributed by atoms with E-state index >= 15 is 0 Å². The largest absolute Gasteiger partial charge is 0.419 e. The van der Waals surface area contributed by atoms with Crippen LogP contribution in [0.15, 0.2) is 25.8 Å². The van der Waals surface area contributed by atoms with Gasteiger partial charge in [0.1, 0.15) is 0 Å². The summed E-state index contributed by atoms with van der Waals surface area (Å²) in [5.41, 5.74) is 6.48. The lowest BCUT2D eigenvalue weighted by Gasteiger charge is -2.04. The molecule has 0 aliphatic rings. The predicted molar refractivity (Wildman–Crippen MR) is 62.4 cm³/mol. The number of aryl methyl sites for hydroxylation is 1. The number of halogens is 1. The van der Waals surface area contributed by atoms with Crippen LogP contribution in [-0.2, 0) is 7.05 Å². The number of hydrogen-bond donors (Lipinski definition) is 2. The Kier molecular flexibility index (Phi) is 2.47. The second-order valence-corrected chi connectivity index (χ2v) is 4.07. The fourth-order valence-electron chi connectivity index (χ4n) is 1.38. The van der Waals surface area contributed by atoms with E-state index in [2.05, 4.69) is 21.2 Å². The second kappa shape index (κ2) is 3.67. The summed E-state index contributed by atoms with van der Waals surface area (Å²) in [5, 5.41) is 2.41. The zero-order valence-corrected chi connectivity index (χ0v) is 9.87. The van der Waals surface area contributed by atoms with Crippen molar-refractivity contribution in [2.75, 3.05) is 5.32 Å². The van der Waals surface area contributed by atoms with E-state index in [4.69, 9.17) is 10.2 Å². The molecule has 2 aromatic rings. The van der Waals surface area contributed by atoms with Crippen molar-refractivity contribution in [3.05, 3.63) is 27.2 Å². The van der Waals surface area contributed by atoms with E-state index in [1.165, 1.54) is 10.6 Å². The highest BCUT2D eigenvalue weighted by molar-refractivity contribution is 9.10. The number of rotatable bonds is 1. The molecule has 1 aromatic carbocycles. The Morgan fingerprint density at radius 3 is 2.88 bits per heavy atom. The fourth-order valence-corrected chi connectivity index (χ4v) is 1.81. The van der Waals surface area contributed by atoms with Crippen molar-refractivity contribution in [1.29, 1.82) is 0 Å². The zero-order chi connectivity index (χ0) is 11.9. The number of fused-ring (bicyclic) bond motifs is 1. The number of carbonyl (C=O) groups excluding carboxylic acids is 1. The van der Waals surface area contributed by atoms with E-state index < -0.39 is 11.8 Å². The first-order valence-corrected chi connectivity index (χ1v) is 5.14. The third kappa shape index (κ3) is 1.69. The molecule has 2 amide bonds. The van der Waals surface area contributed by atoms with E-state index in [0.29, 0.717) is 21.3 Å². The van der Waals surface area contributed by atoms with Crippen molar-refractivity contribution in [2.45, 2.75) is 0 Å². The number of nitrogens with zero attached hydrogens (tertiary/aromatic N) is 1. The number of nitrogens with two attached hydrogens (primary N) is 1. The van der Waals surface area contributed by atoms with Crippen LogP contribution in [0, 0.1) is 0 Å². The predicted octanol–water partition coefficient (Wildman–Crippen LogP) is 1.38. The fraction of sp³-hybridized carbons (Fsp3) is 0.111. The maximum atomic E-state index is 11.3. The number of oxazole rings is 1. The monoisotopic (exact) mass is 285 g/mol. The quantitative estimate of drug-likeness (QED) is 0.829. The molecular formula is C9H8BrN3O3. The molecule has 6 nitrogen and oxygen atoms in total. The van der Waals surface area contributed by atoms with Crippen LogP contribution in [0.5, 0.6) is 0 Å². The third-order valence-electron chi connectivity index (χ3n) is 2.14. The Morgan fingerprint density at radius 1 is 1.56 bits per heavy atom. The summed E-state index contributed by atoms with van der Waals surface area (Å²) >= 11 is 3.26. The number of amides is 2. The Labute approximate surface area is 98.1 Å². The first-order chi connectivity index (χ1) is 7.49. The van der Waals surface area contributed by atoms with Crippen molar-refractivity contribution >= 4 is 38.7 Å². The molecule has 0 bridgehead atoms. The molecule has 0 saturated heterocycles. The molecule has 2 rings (SSSR count). The van der Waals surface area contributed by atoms with Gasteiger partial charge in [-0.05, 0) is 22.0 Å².